The lowest BCUT2D eigenvalue weighted by Gasteiger charge is -2.15. The van der Waals surface area contributed by atoms with E-state index in [-0.39, 0.29) is 12.1 Å². The number of benzene rings is 1. The van der Waals surface area contributed by atoms with Crippen LogP contribution in [-0.2, 0) is 4.79 Å². The van der Waals surface area contributed by atoms with Gasteiger partial charge in [-0.05, 0) is 32.1 Å². The average molecular weight is 293 g/mol. The van der Waals surface area contributed by atoms with Crippen LogP contribution >= 0.6 is 0 Å². The third-order valence-electron chi connectivity index (χ3n) is 3.21. The number of amides is 2. The maximum absolute atomic E-state index is 12.0. The van der Waals surface area contributed by atoms with E-state index in [1.165, 1.54) is 0 Å². The molecule has 0 bridgehead atoms. The second kappa shape index (κ2) is 6.94. The van der Waals surface area contributed by atoms with Gasteiger partial charge in [0.2, 0.25) is 0 Å². The fourth-order valence-corrected chi connectivity index (χ4v) is 2.23. The second-order valence-corrected chi connectivity index (χ2v) is 5.02. The van der Waals surface area contributed by atoms with E-state index in [1.54, 1.807) is 24.3 Å². The van der Waals surface area contributed by atoms with E-state index >= 15 is 0 Å². The molecule has 0 aromatic heterocycles. The first-order valence-corrected chi connectivity index (χ1v) is 6.74. The summed E-state index contributed by atoms with van der Waals surface area (Å²) in [4.78, 5) is 24.6. The fraction of sp³-hybridized carbons (Fsp3) is 0.429. The summed E-state index contributed by atoms with van der Waals surface area (Å²) in [7, 11) is 2.01. The number of hydrogen-bond acceptors (Lipinski definition) is 4. The molecule has 7 heteroatoms. The van der Waals surface area contributed by atoms with Crippen molar-refractivity contribution < 1.29 is 19.4 Å². The molecule has 1 saturated heterocycles. The van der Waals surface area contributed by atoms with Crippen LogP contribution in [-0.4, -0.2) is 54.8 Å². The minimum absolute atomic E-state index is 0.127. The Morgan fingerprint density at radius 1 is 1.43 bits per heavy atom. The zero-order valence-corrected chi connectivity index (χ0v) is 11.8. The number of para-hydroxylation sites is 2. The number of rotatable bonds is 5. The number of aliphatic carboxylic acids is 1. The first-order valence-electron chi connectivity index (χ1n) is 6.74. The van der Waals surface area contributed by atoms with Crippen LogP contribution in [0, 0.1) is 0 Å². The zero-order valence-electron chi connectivity index (χ0n) is 11.8. The molecule has 114 valence electrons. The predicted octanol–water partition coefficient (Wildman–Crippen LogP) is 0.976. The number of carboxylic acids is 1. The minimum atomic E-state index is -1.07. The Balaban J connectivity index is 1.92. The first-order chi connectivity index (χ1) is 10.0. The maximum Gasteiger partial charge on any atom is 0.341 e. The molecule has 1 aliphatic heterocycles. The van der Waals surface area contributed by atoms with Crippen molar-refractivity contribution in [1.82, 2.24) is 10.2 Å². The molecule has 0 spiro atoms. The van der Waals surface area contributed by atoms with Crippen molar-refractivity contribution >= 4 is 17.7 Å². The molecular weight excluding hydrogens is 274 g/mol. The molecule has 7 nitrogen and oxygen atoms in total. The van der Waals surface area contributed by atoms with Gasteiger partial charge in [-0.25, -0.2) is 9.59 Å². The summed E-state index contributed by atoms with van der Waals surface area (Å²) in [5, 5.41) is 14.2. The van der Waals surface area contributed by atoms with Crippen LogP contribution in [0.1, 0.15) is 6.42 Å². The van der Waals surface area contributed by atoms with Crippen molar-refractivity contribution in [3.63, 3.8) is 0 Å². The van der Waals surface area contributed by atoms with E-state index in [1.807, 2.05) is 7.05 Å². The molecule has 1 unspecified atom stereocenters. The lowest BCUT2D eigenvalue weighted by Crippen LogP contribution is -2.39. The van der Waals surface area contributed by atoms with Crippen LogP contribution in [0.5, 0.6) is 5.75 Å². The maximum atomic E-state index is 12.0. The topological polar surface area (TPSA) is 90.9 Å². The standard InChI is InChI=1S/C14H19N3O4/c1-17-7-6-10(8-17)15-14(20)16-11-4-2-3-5-12(11)21-9-13(18)19/h2-5,10H,6-9H2,1H3,(H,18,19)(H2,15,16,20). The molecule has 2 amide bonds. The smallest absolute Gasteiger partial charge is 0.341 e. The van der Waals surface area contributed by atoms with Crippen LogP contribution in [0.4, 0.5) is 10.5 Å². The lowest BCUT2D eigenvalue weighted by atomic mass is 10.2. The highest BCUT2D eigenvalue weighted by atomic mass is 16.5. The normalized spacial score (nSPS) is 18.2. The van der Waals surface area contributed by atoms with Crippen LogP contribution in [0.15, 0.2) is 24.3 Å². The monoisotopic (exact) mass is 293 g/mol. The van der Waals surface area contributed by atoms with Gasteiger partial charge in [-0.15, -0.1) is 0 Å². The predicted molar refractivity (Wildman–Crippen MR) is 77.6 cm³/mol. The molecule has 1 heterocycles. The van der Waals surface area contributed by atoms with E-state index in [4.69, 9.17) is 9.84 Å². The summed E-state index contributed by atoms with van der Waals surface area (Å²) in [6, 6.07) is 6.54. The Kier molecular flexibility index (Phi) is 4.99. The number of nitrogens with one attached hydrogen (secondary N) is 2. The summed E-state index contributed by atoms with van der Waals surface area (Å²) in [5.41, 5.74) is 0.447. The molecule has 3 N–H and O–H groups in total. The van der Waals surface area contributed by atoms with Gasteiger partial charge < -0.3 is 25.4 Å². The lowest BCUT2D eigenvalue weighted by molar-refractivity contribution is -0.139. The summed E-state index contributed by atoms with van der Waals surface area (Å²) in [6.45, 7) is 1.33. The number of nitrogens with zero attached hydrogens (tertiary/aromatic N) is 1. The quantitative estimate of drug-likeness (QED) is 0.752. The van der Waals surface area contributed by atoms with Crippen molar-refractivity contribution in [1.29, 1.82) is 0 Å². The van der Waals surface area contributed by atoms with Crippen LogP contribution < -0.4 is 15.4 Å². The Bertz CT molecular complexity index is 521. The van der Waals surface area contributed by atoms with Crippen molar-refractivity contribution in [2.45, 2.75) is 12.5 Å². The van der Waals surface area contributed by atoms with Crippen LogP contribution in [0.3, 0.4) is 0 Å². The highest BCUT2D eigenvalue weighted by Crippen LogP contribution is 2.23. The SMILES string of the molecule is CN1CCC(NC(=O)Nc2ccccc2OCC(=O)O)C1. The third kappa shape index (κ3) is 4.64. The summed E-state index contributed by atoms with van der Waals surface area (Å²) < 4.78 is 5.14. The number of urea groups is 1. The third-order valence-corrected chi connectivity index (χ3v) is 3.21. The van der Waals surface area contributed by atoms with E-state index in [9.17, 15) is 9.59 Å². The van der Waals surface area contributed by atoms with Gasteiger partial charge in [0.1, 0.15) is 5.75 Å². The molecule has 0 saturated carbocycles. The number of hydrogen-bond donors (Lipinski definition) is 3. The molecule has 1 aromatic rings. The largest absolute Gasteiger partial charge is 0.480 e. The molecule has 2 rings (SSSR count). The van der Waals surface area contributed by atoms with Gasteiger partial charge in [0, 0.05) is 12.6 Å². The van der Waals surface area contributed by atoms with E-state index < -0.39 is 12.6 Å². The van der Waals surface area contributed by atoms with E-state index in [0.29, 0.717) is 11.4 Å². The summed E-state index contributed by atoms with van der Waals surface area (Å²) >= 11 is 0. The van der Waals surface area contributed by atoms with Crippen molar-refractivity contribution in [3.8, 4) is 5.75 Å². The molecule has 0 aliphatic carbocycles. The molecule has 1 atom stereocenters. The van der Waals surface area contributed by atoms with Crippen LogP contribution in [0.25, 0.3) is 0 Å². The number of carboxylic acid groups (broad SMARTS) is 1. The number of anilines is 1. The van der Waals surface area contributed by atoms with Crippen LogP contribution in [0.2, 0.25) is 0 Å². The van der Waals surface area contributed by atoms with Gasteiger partial charge in [-0.2, -0.15) is 0 Å². The molecule has 1 aliphatic rings. The highest BCUT2D eigenvalue weighted by Gasteiger charge is 2.21. The Morgan fingerprint density at radius 3 is 2.86 bits per heavy atom. The van der Waals surface area contributed by atoms with Crippen molar-refractivity contribution in [2.24, 2.45) is 0 Å². The van der Waals surface area contributed by atoms with E-state index in [0.717, 1.165) is 19.5 Å². The molecule has 1 aromatic carbocycles. The van der Waals surface area contributed by atoms with Crippen molar-refractivity contribution in [2.75, 3.05) is 32.1 Å². The van der Waals surface area contributed by atoms with Gasteiger partial charge in [0.15, 0.2) is 6.61 Å². The highest BCUT2D eigenvalue weighted by molar-refractivity contribution is 5.91. The van der Waals surface area contributed by atoms with Crippen molar-refractivity contribution in [3.05, 3.63) is 24.3 Å². The first kappa shape index (κ1) is 15.1. The number of likely N-dealkylation sites (tertiary alicyclic amines) is 1. The average Bonchev–Trinajstić information content (AvgIpc) is 2.83. The molecule has 1 fully saturated rings. The number of carbonyl (C=O) groups is 2. The van der Waals surface area contributed by atoms with Gasteiger partial charge in [0.25, 0.3) is 0 Å². The van der Waals surface area contributed by atoms with E-state index in [2.05, 4.69) is 15.5 Å². The number of ether oxygens (including phenoxy) is 1. The van der Waals surface area contributed by atoms with Gasteiger partial charge in [-0.1, -0.05) is 12.1 Å². The van der Waals surface area contributed by atoms with Gasteiger partial charge in [0.05, 0.1) is 5.69 Å². The Hall–Kier alpha value is -2.28. The van der Waals surface area contributed by atoms with Gasteiger partial charge in [-0.3, -0.25) is 0 Å². The van der Waals surface area contributed by atoms with Gasteiger partial charge >= 0.3 is 12.0 Å². The number of likely N-dealkylation sites (N-methyl/N-ethyl adjacent to an activating group) is 1. The molecular formula is C14H19N3O4. The molecule has 0 radical (unpaired) electrons. The fourth-order valence-electron chi connectivity index (χ4n) is 2.23. The summed E-state index contributed by atoms with van der Waals surface area (Å²) in [6.07, 6.45) is 0.918. The zero-order chi connectivity index (χ0) is 15.2. The Labute approximate surface area is 122 Å². The Morgan fingerprint density at radius 2 is 2.19 bits per heavy atom. The second-order valence-electron chi connectivity index (χ2n) is 5.02. The minimum Gasteiger partial charge on any atom is -0.480 e. The summed E-state index contributed by atoms with van der Waals surface area (Å²) in [5.74, 6) is -0.734. The molecule has 21 heavy (non-hydrogen) atoms. The number of carbonyl (C=O) groups excluding carboxylic acids is 1.